The molecule has 0 aliphatic carbocycles. The lowest BCUT2D eigenvalue weighted by Gasteiger charge is -2.11. The van der Waals surface area contributed by atoms with E-state index in [1.54, 1.807) is 0 Å². The van der Waals surface area contributed by atoms with Crippen LogP contribution in [-0.2, 0) is 9.53 Å². The Bertz CT molecular complexity index is 306. The van der Waals surface area contributed by atoms with Crippen molar-refractivity contribution in [2.45, 2.75) is 24.9 Å². The minimum absolute atomic E-state index is 0.191. The van der Waals surface area contributed by atoms with Crippen LogP contribution in [0.1, 0.15) is 6.42 Å². The van der Waals surface area contributed by atoms with Crippen LogP contribution in [0.3, 0.4) is 0 Å². The maximum atomic E-state index is 11.0. The van der Waals surface area contributed by atoms with Crippen LogP contribution in [0.2, 0.25) is 0 Å². The molecule has 10 nitrogen and oxygen atoms in total. The Morgan fingerprint density at radius 3 is 2.50 bits per heavy atom. The van der Waals surface area contributed by atoms with E-state index in [1.807, 2.05) is 0 Å². The van der Waals surface area contributed by atoms with Crippen molar-refractivity contribution in [1.29, 1.82) is 0 Å². The first kappa shape index (κ1) is 16.1. The van der Waals surface area contributed by atoms with Crippen LogP contribution in [0.5, 0.6) is 0 Å². The molecule has 1 unspecified atom stereocenters. The zero-order valence-corrected chi connectivity index (χ0v) is 9.39. The highest BCUT2D eigenvalue weighted by atomic mass is 16.5. The molecular formula is C8H16N4O6. The van der Waals surface area contributed by atoms with E-state index in [0.29, 0.717) is 0 Å². The van der Waals surface area contributed by atoms with Gasteiger partial charge < -0.3 is 36.8 Å². The first-order valence-electron chi connectivity index (χ1n) is 4.87. The van der Waals surface area contributed by atoms with Gasteiger partial charge in [0, 0.05) is 6.42 Å². The number of carboxylic acid groups (broad SMARTS) is 1. The molecule has 1 aliphatic heterocycles. The van der Waals surface area contributed by atoms with Crippen LogP contribution in [-0.4, -0.2) is 58.8 Å². The van der Waals surface area contributed by atoms with Crippen LogP contribution >= 0.6 is 0 Å². The molecule has 0 saturated carbocycles. The highest BCUT2D eigenvalue weighted by molar-refractivity contribution is 5.90. The SMILES string of the molecule is NC(N)=NC(=O)NC1C[C@H](O)[C@@H](CO)O1.O=CO. The smallest absolute Gasteiger partial charge is 0.346 e. The molecule has 0 aromatic carbocycles. The van der Waals surface area contributed by atoms with Gasteiger partial charge in [0.2, 0.25) is 0 Å². The Morgan fingerprint density at radius 2 is 2.11 bits per heavy atom. The molecule has 1 aliphatic rings. The molecule has 1 rings (SSSR count). The van der Waals surface area contributed by atoms with Crippen molar-refractivity contribution in [2.24, 2.45) is 16.5 Å². The summed E-state index contributed by atoms with van der Waals surface area (Å²) in [7, 11) is 0. The van der Waals surface area contributed by atoms with E-state index in [0.717, 1.165) is 0 Å². The maximum absolute atomic E-state index is 11.0. The summed E-state index contributed by atoms with van der Waals surface area (Å²) < 4.78 is 5.09. The summed E-state index contributed by atoms with van der Waals surface area (Å²) in [6.45, 7) is -0.560. The average Bonchev–Trinajstić information content (AvgIpc) is 2.58. The largest absolute Gasteiger partial charge is 0.483 e. The third-order valence-corrected chi connectivity index (χ3v) is 1.92. The molecule has 1 heterocycles. The van der Waals surface area contributed by atoms with Gasteiger partial charge in [-0.25, -0.2) is 4.79 Å². The van der Waals surface area contributed by atoms with Crippen molar-refractivity contribution in [3.05, 3.63) is 0 Å². The highest BCUT2D eigenvalue weighted by Crippen LogP contribution is 2.18. The minimum Gasteiger partial charge on any atom is -0.483 e. The second-order valence-electron chi connectivity index (χ2n) is 3.24. The topological polar surface area (TPSA) is 180 Å². The first-order valence-corrected chi connectivity index (χ1v) is 4.87. The Kier molecular flexibility index (Phi) is 7.35. The molecule has 3 atom stereocenters. The summed E-state index contributed by atoms with van der Waals surface area (Å²) in [4.78, 5) is 22.6. The number of hydrogen-bond donors (Lipinski definition) is 6. The molecule has 10 heteroatoms. The highest BCUT2D eigenvalue weighted by Gasteiger charge is 2.34. The molecule has 8 N–H and O–H groups in total. The van der Waals surface area contributed by atoms with Crippen molar-refractivity contribution in [2.75, 3.05) is 6.61 Å². The molecule has 18 heavy (non-hydrogen) atoms. The fraction of sp³-hybridized carbons (Fsp3) is 0.625. The molecule has 0 radical (unpaired) electrons. The number of guanidine groups is 1. The Balaban J connectivity index is 0.000000873. The molecule has 0 spiro atoms. The number of aliphatic imine (C=N–C) groups is 1. The van der Waals surface area contributed by atoms with Gasteiger partial charge in [-0.3, -0.25) is 4.79 Å². The second kappa shape index (κ2) is 8.22. The van der Waals surface area contributed by atoms with Crippen molar-refractivity contribution in [3.8, 4) is 0 Å². The number of urea groups is 1. The number of carbonyl (C=O) groups is 2. The number of nitrogens with one attached hydrogen (secondary N) is 1. The number of rotatable bonds is 2. The lowest BCUT2D eigenvalue weighted by atomic mass is 10.2. The standard InChI is InChI=1S/C7H14N4O4.CH2O2/c8-6(9)11-7(14)10-5-1-3(13)4(2-12)15-5;2-1-3/h3-5,12-13H,1-2H2,(H5,8,9,10,11,14);1H,(H,2,3)/t3-,4+,5?;/m0./s1. The van der Waals surface area contributed by atoms with Crippen LogP contribution in [0.25, 0.3) is 0 Å². The number of amides is 2. The van der Waals surface area contributed by atoms with Crippen molar-refractivity contribution < 1.29 is 29.6 Å². The average molecular weight is 264 g/mol. The molecule has 0 aromatic rings. The van der Waals surface area contributed by atoms with E-state index in [2.05, 4.69) is 10.3 Å². The van der Waals surface area contributed by atoms with Crippen molar-refractivity contribution in [1.82, 2.24) is 5.32 Å². The van der Waals surface area contributed by atoms with Gasteiger partial charge in [-0.15, -0.1) is 0 Å². The fourth-order valence-electron chi connectivity index (χ4n) is 1.27. The fourth-order valence-corrected chi connectivity index (χ4v) is 1.27. The molecule has 0 aromatic heterocycles. The van der Waals surface area contributed by atoms with E-state index < -0.39 is 24.5 Å². The molecule has 1 saturated heterocycles. The number of nitrogens with two attached hydrogens (primary N) is 2. The summed E-state index contributed by atoms with van der Waals surface area (Å²) >= 11 is 0. The molecular weight excluding hydrogens is 248 g/mol. The van der Waals surface area contributed by atoms with Gasteiger partial charge in [0.05, 0.1) is 12.7 Å². The van der Waals surface area contributed by atoms with Gasteiger partial charge in [0.25, 0.3) is 6.47 Å². The van der Waals surface area contributed by atoms with E-state index in [1.165, 1.54) is 0 Å². The van der Waals surface area contributed by atoms with Gasteiger partial charge >= 0.3 is 6.03 Å². The van der Waals surface area contributed by atoms with Crippen molar-refractivity contribution in [3.63, 3.8) is 0 Å². The summed E-state index contributed by atoms with van der Waals surface area (Å²) in [6.07, 6.45) is -1.99. The van der Waals surface area contributed by atoms with Crippen LogP contribution in [0.15, 0.2) is 4.99 Å². The van der Waals surface area contributed by atoms with Crippen LogP contribution in [0, 0.1) is 0 Å². The Labute approximate surface area is 102 Å². The van der Waals surface area contributed by atoms with Gasteiger partial charge in [-0.05, 0) is 0 Å². The van der Waals surface area contributed by atoms with E-state index in [4.69, 9.17) is 31.2 Å². The van der Waals surface area contributed by atoms with Crippen molar-refractivity contribution >= 4 is 18.5 Å². The number of aliphatic hydroxyl groups excluding tert-OH is 2. The van der Waals surface area contributed by atoms with Gasteiger partial charge in [0.1, 0.15) is 12.3 Å². The van der Waals surface area contributed by atoms with Gasteiger partial charge in [-0.2, -0.15) is 4.99 Å². The predicted octanol–water partition coefficient (Wildman–Crippen LogP) is -2.86. The second-order valence-corrected chi connectivity index (χ2v) is 3.24. The quantitative estimate of drug-likeness (QED) is 0.175. The summed E-state index contributed by atoms with van der Waals surface area (Å²) in [5.74, 6) is -0.357. The van der Waals surface area contributed by atoms with Crippen LogP contribution < -0.4 is 16.8 Å². The van der Waals surface area contributed by atoms with E-state index in [9.17, 15) is 9.90 Å². The normalized spacial score (nSPS) is 25.6. The van der Waals surface area contributed by atoms with Crippen LogP contribution in [0.4, 0.5) is 4.79 Å². The molecule has 104 valence electrons. The molecule has 0 bridgehead atoms. The predicted molar refractivity (Wildman–Crippen MR) is 59.4 cm³/mol. The number of aliphatic hydroxyl groups is 2. The third kappa shape index (κ3) is 5.98. The van der Waals surface area contributed by atoms with Gasteiger partial charge in [-0.1, -0.05) is 0 Å². The zero-order chi connectivity index (χ0) is 14.1. The number of nitrogens with zero attached hydrogens (tertiary/aromatic N) is 1. The molecule has 2 amide bonds. The lowest BCUT2D eigenvalue weighted by Crippen LogP contribution is -2.35. The summed E-state index contributed by atoms with van der Waals surface area (Å²) in [5.41, 5.74) is 9.97. The Hall–Kier alpha value is -1.91. The zero-order valence-electron chi connectivity index (χ0n) is 9.39. The number of carbonyl (C=O) groups excluding carboxylic acids is 1. The van der Waals surface area contributed by atoms with Gasteiger partial charge in [0.15, 0.2) is 5.96 Å². The summed E-state index contributed by atoms with van der Waals surface area (Å²) in [6, 6.07) is -0.745. The lowest BCUT2D eigenvalue weighted by molar-refractivity contribution is -0.122. The minimum atomic E-state index is -0.806. The monoisotopic (exact) mass is 264 g/mol. The maximum Gasteiger partial charge on any atom is 0.346 e. The van der Waals surface area contributed by atoms with E-state index in [-0.39, 0.29) is 25.5 Å². The number of ether oxygens (including phenoxy) is 1. The summed E-state index contributed by atoms with van der Waals surface area (Å²) in [5, 5.41) is 27.3. The molecule has 1 fully saturated rings. The van der Waals surface area contributed by atoms with E-state index >= 15 is 0 Å². The Morgan fingerprint density at radius 1 is 1.56 bits per heavy atom. The third-order valence-electron chi connectivity index (χ3n) is 1.92. The number of hydrogen-bond acceptors (Lipinski definition) is 5. The first-order chi connectivity index (χ1) is 8.44.